The molecule has 3 heterocycles. The summed E-state index contributed by atoms with van der Waals surface area (Å²) < 4.78 is 0. The molecule has 0 aromatic carbocycles. The van der Waals surface area contributed by atoms with Gasteiger partial charge in [0.2, 0.25) is 0 Å². The lowest BCUT2D eigenvalue weighted by Gasteiger charge is -2.53. The van der Waals surface area contributed by atoms with Gasteiger partial charge in [0.1, 0.15) is 11.9 Å². The van der Waals surface area contributed by atoms with Crippen LogP contribution < -0.4 is 4.90 Å². The van der Waals surface area contributed by atoms with Gasteiger partial charge in [0.05, 0.1) is 12.2 Å². The number of nitriles is 1. The number of rotatable bonds is 2. The zero-order valence-corrected chi connectivity index (χ0v) is 15.2. The maximum Gasteiger partial charge on any atom is 0.146 e. The number of nitrogens with zero attached hydrogens (tertiary/aromatic N) is 4. The lowest BCUT2D eigenvalue weighted by molar-refractivity contribution is -0.0277. The van der Waals surface area contributed by atoms with Gasteiger partial charge < -0.3 is 14.9 Å². The van der Waals surface area contributed by atoms with Crippen molar-refractivity contribution in [3.8, 4) is 6.07 Å². The Morgan fingerprint density at radius 3 is 2.92 bits per heavy atom. The fourth-order valence-corrected chi connectivity index (χ4v) is 5.15. The summed E-state index contributed by atoms with van der Waals surface area (Å²) in [5.74, 6) is 0.869. The fourth-order valence-electron chi connectivity index (χ4n) is 5.15. The molecule has 5 heteroatoms. The lowest BCUT2D eigenvalue weighted by atomic mass is 9.69. The Balaban J connectivity index is 1.66. The topological polar surface area (TPSA) is 63.4 Å². The highest BCUT2D eigenvalue weighted by Gasteiger charge is 2.47. The highest BCUT2D eigenvalue weighted by molar-refractivity contribution is 5.57. The molecule has 2 atom stereocenters. The van der Waals surface area contributed by atoms with Crippen molar-refractivity contribution in [2.45, 2.75) is 51.0 Å². The number of hydrogen-bond donors (Lipinski definition) is 1. The molecular formula is C20H28N4O. The van der Waals surface area contributed by atoms with Gasteiger partial charge in [-0.05, 0) is 70.2 Å². The van der Waals surface area contributed by atoms with Crippen LogP contribution in [0.4, 0.5) is 5.82 Å². The maximum atomic E-state index is 10.1. The van der Waals surface area contributed by atoms with E-state index in [0.29, 0.717) is 6.04 Å². The number of likely N-dealkylation sites (tertiary alicyclic amines) is 1. The van der Waals surface area contributed by atoms with Crippen LogP contribution >= 0.6 is 0 Å². The van der Waals surface area contributed by atoms with Crippen LogP contribution in [0.1, 0.15) is 48.9 Å². The molecule has 0 spiro atoms. The van der Waals surface area contributed by atoms with Crippen molar-refractivity contribution in [1.29, 1.82) is 5.26 Å². The second-order valence-electron chi connectivity index (χ2n) is 8.10. The summed E-state index contributed by atoms with van der Waals surface area (Å²) in [5.41, 5.74) is 3.19. The Morgan fingerprint density at radius 1 is 1.28 bits per heavy atom. The standard InChI is InChI=1S/C20H28N4O/c1-23-9-4-7-20(14-25)8-10-24(13-18(20)23)19-16(12-21)11-15-5-2-3-6-17(15)22-19/h11,18,25H,2-10,13-14H2,1H3/t18-,20-/m1/s1. The van der Waals surface area contributed by atoms with Crippen LogP contribution in [0.25, 0.3) is 0 Å². The molecule has 3 aliphatic rings. The van der Waals surface area contributed by atoms with Crippen molar-refractivity contribution in [2.24, 2.45) is 5.41 Å². The minimum Gasteiger partial charge on any atom is -0.396 e. The number of hydrogen-bond acceptors (Lipinski definition) is 5. The molecule has 2 aliphatic heterocycles. The summed E-state index contributed by atoms with van der Waals surface area (Å²) in [7, 11) is 2.17. The van der Waals surface area contributed by atoms with Crippen LogP contribution in [0.2, 0.25) is 0 Å². The van der Waals surface area contributed by atoms with Gasteiger partial charge in [-0.25, -0.2) is 4.98 Å². The predicted molar refractivity (Wildman–Crippen MR) is 97.6 cm³/mol. The maximum absolute atomic E-state index is 10.1. The van der Waals surface area contributed by atoms with E-state index < -0.39 is 0 Å². The quantitative estimate of drug-likeness (QED) is 0.893. The van der Waals surface area contributed by atoms with E-state index in [4.69, 9.17) is 4.98 Å². The third-order valence-corrected chi connectivity index (χ3v) is 6.71. The van der Waals surface area contributed by atoms with Crippen LogP contribution in [0.3, 0.4) is 0 Å². The summed E-state index contributed by atoms with van der Waals surface area (Å²) in [6.07, 6.45) is 7.73. The average Bonchev–Trinajstić information content (AvgIpc) is 2.67. The number of aromatic nitrogens is 1. The van der Waals surface area contributed by atoms with E-state index in [-0.39, 0.29) is 12.0 Å². The Bertz CT molecular complexity index is 698. The van der Waals surface area contributed by atoms with E-state index in [1.807, 2.05) is 0 Å². The highest BCUT2D eigenvalue weighted by Crippen LogP contribution is 2.42. The van der Waals surface area contributed by atoms with Gasteiger partial charge in [0.15, 0.2) is 0 Å². The molecule has 134 valence electrons. The normalized spacial score (nSPS) is 29.6. The number of likely N-dealkylation sites (N-methyl/N-ethyl adjacent to an activating group) is 1. The number of pyridine rings is 1. The summed E-state index contributed by atoms with van der Waals surface area (Å²) in [4.78, 5) is 9.64. The molecule has 1 aromatic heterocycles. The van der Waals surface area contributed by atoms with E-state index in [1.54, 1.807) is 0 Å². The molecule has 1 aromatic rings. The van der Waals surface area contributed by atoms with Gasteiger partial charge in [-0.2, -0.15) is 5.26 Å². The number of piperidine rings is 2. The third kappa shape index (κ3) is 2.82. The average molecular weight is 340 g/mol. The summed E-state index contributed by atoms with van der Waals surface area (Å²) in [6.45, 7) is 3.09. The second kappa shape index (κ2) is 6.59. The molecule has 2 fully saturated rings. The molecule has 1 N–H and O–H groups in total. The fraction of sp³-hybridized carbons (Fsp3) is 0.700. The molecule has 5 nitrogen and oxygen atoms in total. The Hall–Kier alpha value is -1.64. The molecule has 25 heavy (non-hydrogen) atoms. The molecular weight excluding hydrogens is 312 g/mol. The van der Waals surface area contributed by atoms with Crippen molar-refractivity contribution in [1.82, 2.24) is 9.88 Å². The summed E-state index contributed by atoms with van der Waals surface area (Å²) in [5, 5.41) is 19.8. The Morgan fingerprint density at radius 2 is 2.12 bits per heavy atom. The monoisotopic (exact) mass is 340 g/mol. The number of aliphatic hydroxyl groups excluding tert-OH is 1. The summed E-state index contributed by atoms with van der Waals surface area (Å²) >= 11 is 0. The van der Waals surface area contributed by atoms with Gasteiger partial charge in [-0.3, -0.25) is 0 Å². The van der Waals surface area contributed by atoms with Crippen LogP contribution in [0.15, 0.2) is 6.07 Å². The molecule has 1 aliphatic carbocycles. The van der Waals surface area contributed by atoms with Gasteiger partial charge in [-0.15, -0.1) is 0 Å². The zero-order valence-electron chi connectivity index (χ0n) is 15.2. The first-order valence-corrected chi connectivity index (χ1v) is 9.66. The van der Waals surface area contributed by atoms with Crippen LogP contribution in [-0.4, -0.2) is 54.3 Å². The smallest absolute Gasteiger partial charge is 0.146 e. The van der Waals surface area contributed by atoms with Gasteiger partial charge >= 0.3 is 0 Å². The van der Waals surface area contributed by atoms with E-state index in [2.05, 4.69) is 29.0 Å². The first-order chi connectivity index (χ1) is 12.2. The Labute approximate surface area is 150 Å². The zero-order chi connectivity index (χ0) is 17.4. The first-order valence-electron chi connectivity index (χ1n) is 9.66. The van der Waals surface area contributed by atoms with Crippen LogP contribution in [-0.2, 0) is 12.8 Å². The van der Waals surface area contributed by atoms with Gasteiger partial charge in [0, 0.05) is 30.2 Å². The van der Waals surface area contributed by atoms with Gasteiger partial charge in [-0.1, -0.05) is 0 Å². The number of anilines is 1. The van der Waals surface area contributed by atoms with E-state index >= 15 is 0 Å². The number of aliphatic hydroxyl groups is 1. The molecule has 2 saturated heterocycles. The number of fused-ring (bicyclic) bond motifs is 2. The molecule has 0 amide bonds. The van der Waals surface area contributed by atoms with Gasteiger partial charge in [0.25, 0.3) is 0 Å². The van der Waals surface area contributed by atoms with Crippen molar-refractivity contribution in [3.63, 3.8) is 0 Å². The van der Waals surface area contributed by atoms with Crippen molar-refractivity contribution < 1.29 is 5.11 Å². The molecule has 0 bridgehead atoms. The third-order valence-electron chi connectivity index (χ3n) is 6.71. The molecule has 4 rings (SSSR count). The number of aryl methyl sites for hydroxylation is 2. The first kappa shape index (κ1) is 16.8. The van der Waals surface area contributed by atoms with E-state index in [9.17, 15) is 10.4 Å². The van der Waals surface area contributed by atoms with Crippen LogP contribution in [0, 0.1) is 16.7 Å². The lowest BCUT2D eigenvalue weighted by Crippen LogP contribution is -2.61. The van der Waals surface area contributed by atoms with E-state index in [1.165, 1.54) is 24.1 Å². The minimum absolute atomic E-state index is 0.0184. The minimum atomic E-state index is 0.0184. The second-order valence-corrected chi connectivity index (χ2v) is 8.10. The van der Waals surface area contributed by atoms with Crippen molar-refractivity contribution in [3.05, 3.63) is 22.9 Å². The Kier molecular flexibility index (Phi) is 4.43. The summed E-state index contributed by atoms with van der Waals surface area (Å²) in [6, 6.07) is 4.80. The molecule has 0 saturated carbocycles. The molecule has 0 unspecified atom stereocenters. The molecule has 0 radical (unpaired) electrons. The SMILES string of the molecule is CN1CCC[C@]2(CO)CCN(c3nc4c(cc3C#N)CCCC4)C[C@@H]12. The largest absolute Gasteiger partial charge is 0.396 e. The van der Waals surface area contributed by atoms with E-state index in [0.717, 1.165) is 63.1 Å². The highest BCUT2D eigenvalue weighted by atomic mass is 16.3. The van der Waals surface area contributed by atoms with Crippen molar-refractivity contribution in [2.75, 3.05) is 38.2 Å². The van der Waals surface area contributed by atoms with Crippen molar-refractivity contribution >= 4 is 5.82 Å². The predicted octanol–water partition coefficient (Wildman–Crippen LogP) is 2.12. The van der Waals surface area contributed by atoms with Crippen LogP contribution in [0.5, 0.6) is 0 Å².